The van der Waals surface area contributed by atoms with Crippen LogP contribution in [0.1, 0.15) is 23.1 Å². The Morgan fingerprint density at radius 1 is 0.922 bits per heavy atom. The molecule has 6 aromatic rings. The summed E-state index contributed by atoms with van der Waals surface area (Å²) in [5, 5.41) is 7.79. The molecule has 51 heavy (non-hydrogen) atoms. The van der Waals surface area contributed by atoms with Gasteiger partial charge in [-0.05, 0) is 62.1 Å². The number of benzene rings is 2. The van der Waals surface area contributed by atoms with Gasteiger partial charge in [0.2, 0.25) is 5.95 Å². The van der Waals surface area contributed by atoms with Gasteiger partial charge in [-0.3, -0.25) is 0 Å². The first-order valence-electron chi connectivity index (χ1n) is 17.2. The number of likely N-dealkylation sites (N-methyl/N-ethyl adjacent to an activating group) is 1. The van der Waals surface area contributed by atoms with Gasteiger partial charge in [0.1, 0.15) is 40.4 Å². The topological polar surface area (TPSA) is 108 Å². The van der Waals surface area contributed by atoms with Gasteiger partial charge in [-0.15, -0.1) is 11.3 Å². The maximum atomic E-state index is 6.37. The molecule has 14 heteroatoms. The van der Waals surface area contributed by atoms with Crippen LogP contribution in [0.15, 0.2) is 60.2 Å². The van der Waals surface area contributed by atoms with E-state index in [1.54, 1.807) is 25.6 Å². The molecule has 270 valence electrons. The summed E-state index contributed by atoms with van der Waals surface area (Å²) >= 11 is 1.58. The molecule has 0 radical (unpaired) electrons. The van der Waals surface area contributed by atoms with Gasteiger partial charge in [0.25, 0.3) is 0 Å². The Morgan fingerprint density at radius 2 is 1.73 bits per heavy atom. The lowest BCUT2D eigenvalue weighted by atomic mass is 9.94. The van der Waals surface area contributed by atoms with Crippen LogP contribution in [0.25, 0.3) is 27.3 Å². The van der Waals surface area contributed by atoms with Crippen LogP contribution in [-0.4, -0.2) is 118 Å². The van der Waals surface area contributed by atoms with Crippen LogP contribution in [-0.2, 0) is 24.3 Å². The van der Waals surface area contributed by atoms with E-state index in [2.05, 4.69) is 57.3 Å². The van der Waals surface area contributed by atoms with Gasteiger partial charge in [0, 0.05) is 55.8 Å². The van der Waals surface area contributed by atoms with E-state index < -0.39 is 10.0 Å². The zero-order chi connectivity index (χ0) is 35.5. The molecule has 2 aromatic carbocycles. The summed E-state index contributed by atoms with van der Waals surface area (Å²) in [6, 6.07) is 14.3. The molecule has 4 aromatic heterocycles. The third-order valence-electron chi connectivity index (χ3n) is 9.35. The van der Waals surface area contributed by atoms with Crippen LogP contribution in [0.2, 0.25) is 0 Å². The molecule has 12 nitrogen and oxygen atoms in total. The number of methoxy groups -OCH3 is 2. The molecule has 0 N–H and O–H groups in total. The summed E-state index contributed by atoms with van der Waals surface area (Å²) in [6.45, 7) is 4.63. The molecule has 7 rings (SSSR count). The van der Waals surface area contributed by atoms with Crippen molar-refractivity contribution < 1.29 is 14.2 Å². The number of hydrogen-bond acceptors (Lipinski definition) is 11. The summed E-state index contributed by atoms with van der Waals surface area (Å²) < 4.78 is 21.8. The molecule has 1 saturated heterocycles. The number of hydrogen-bond donors (Lipinski definition) is 0. The number of piperazine rings is 1. The van der Waals surface area contributed by atoms with Crippen molar-refractivity contribution in [1.29, 1.82) is 0 Å². The number of para-hydroxylation sites is 1. The van der Waals surface area contributed by atoms with E-state index in [0.717, 1.165) is 87.9 Å². The van der Waals surface area contributed by atoms with E-state index in [1.165, 1.54) is 0 Å². The van der Waals surface area contributed by atoms with E-state index in [4.69, 9.17) is 34.3 Å². The number of rotatable bonds is 14. The fraction of sp³-hybridized carbons (Fsp3) is 0.432. The van der Waals surface area contributed by atoms with Crippen molar-refractivity contribution in [2.24, 2.45) is 0 Å². The van der Waals surface area contributed by atoms with Crippen LogP contribution < -0.4 is 14.4 Å². The molecule has 1 fully saturated rings. The van der Waals surface area contributed by atoms with Crippen molar-refractivity contribution in [2.75, 3.05) is 83.5 Å². The fourth-order valence-corrected chi connectivity index (χ4v) is 7.71. The summed E-state index contributed by atoms with van der Waals surface area (Å²) in [5.74, 6) is 4.93. The number of thiazole rings is 1. The van der Waals surface area contributed by atoms with Gasteiger partial charge in [0.15, 0.2) is 5.65 Å². The lowest BCUT2D eigenvalue weighted by Crippen LogP contribution is -2.45. The second kappa shape index (κ2) is 15.2. The number of fused-ring (bicyclic) bond motifs is 2. The lowest BCUT2D eigenvalue weighted by Gasteiger charge is -2.32. The first-order chi connectivity index (χ1) is 24.7. The largest absolute Gasteiger partial charge is 0.497 e. The van der Waals surface area contributed by atoms with Crippen LogP contribution in [0.5, 0.6) is 11.5 Å². The Labute approximate surface area is 304 Å². The highest BCUT2D eigenvalue weighted by molar-refractivity contribution is 8.32. The van der Waals surface area contributed by atoms with E-state index in [0.29, 0.717) is 32.1 Å². The number of aromatic nitrogens is 7. The standard InChI is InChI=1S/C37H47N9O3S2/c1-43-15-17-44(18-16-43)37-41-34(46-35(42-37)29(24-39-46)36-38-14-20-50-36)27(22-26-10-12-28(47-2)13-11-26)23-32-40-30-8-7-9-31(48-3)33(30)45(32)25-49-19-21-51(4,5)6/h7-14,20,24,27H,15-19,21-23,25H2,1-6H3. The monoisotopic (exact) mass is 729 g/mol. The number of imidazole rings is 1. The molecule has 0 bridgehead atoms. The molecule has 5 heterocycles. The Hall–Kier alpha value is -4.24. The second-order valence-electron chi connectivity index (χ2n) is 13.9. The molecular formula is C37H47N9O3S2. The molecule has 1 aliphatic heterocycles. The maximum Gasteiger partial charge on any atom is 0.229 e. The highest BCUT2D eigenvalue weighted by atomic mass is 32.3. The van der Waals surface area contributed by atoms with Crippen molar-refractivity contribution in [3.63, 3.8) is 0 Å². The number of anilines is 1. The predicted molar refractivity (Wildman–Crippen MR) is 207 cm³/mol. The van der Waals surface area contributed by atoms with Crippen molar-refractivity contribution in [3.05, 3.63) is 77.5 Å². The minimum absolute atomic E-state index is 0.125. The van der Waals surface area contributed by atoms with Crippen molar-refractivity contribution in [2.45, 2.75) is 25.5 Å². The van der Waals surface area contributed by atoms with Crippen molar-refractivity contribution in [1.82, 2.24) is 39.0 Å². The van der Waals surface area contributed by atoms with E-state index in [-0.39, 0.29) is 5.92 Å². The van der Waals surface area contributed by atoms with Crippen LogP contribution in [0.4, 0.5) is 5.95 Å². The molecule has 1 unspecified atom stereocenters. The molecule has 0 aliphatic carbocycles. The van der Waals surface area contributed by atoms with E-state index in [1.807, 2.05) is 52.6 Å². The SMILES string of the molecule is COc1ccc(CC(Cc2nc3cccc(OC)c3n2COCCS(C)(C)C)c2nc(N3CCN(C)CC3)nc3c(-c4nccs4)cnn23)cc1. The summed E-state index contributed by atoms with van der Waals surface area (Å²) in [6.07, 6.45) is 11.9. The number of ether oxygens (including phenoxy) is 3. The average Bonchev–Trinajstić information content (AvgIpc) is 3.89. The Balaban J connectivity index is 1.36. The third-order valence-corrected chi connectivity index (χ3v) is 11.6. The zero-order valence-corrected chi connectivity index (χ0v) is 31.9. The first-order valence-corrected chi connectivity index (χ1v) is 21.1. The van der Waals surface area contributed by atoms with Gasteiger partial charge in [-0.1, -0.05) is 18.2 Å². The van der Waals surface area contributed by atoms with Gasteiger partial charge in [-0.25, -0.2) is 20.0 Å². The maximum absolute atomic E-state index is 6.37. The Bertz CT molecular complexity index is 2070. The lowest BCUT2D eigenvalue weighted by molar-refractivity contribution is 0.0898. The summed E-state index contributed by atoms with van der Waals surface area (Å²) in [4.78, 5) is 25.0. The quantitative estimate of drug-likeness (QED) is 0.132. The highest BCUT2D eigenvalue weighted by Gasteiger charge is 2.28. The molecule has 0 spiro atoms. The average molecular weight is 730 g/mol. The molecular weight excluding hydrogens is 683 g/mol. The first kappa shape index (κ1) is 35.2. The van der Waals surface area contributed by atoms with Crippen molar-refractivity contribution in [3.8, 4) is 22.1 Å². The minimum Gasteiger partial charge on any atom is -0.497 e. The molecule has 0 amide bonds. The second-order valence-corrected chi connectivity index (χ2v) is 19.4. The van der Waals surface area contributed by atoms with Crippen LogP contribution in [0, 0.1) is 0 Å². The van der Waals surface area contributed by atoms with Gasteiger partial charge in [-0.2, -0.15) is 19.6 Å². The summed E-state index contributed by atoms with van der Waals surface area (Å²) in [7, 11) is 4.86. The normalized spacial score (nSPS) is 15.1. The van der Waals surface area contributed by atoms with Crippen LogP contribution in [0.3, 0.4) is 0 Å². The fourth-order valence-electron chi connectivity index (χ4n) is 6.45. The smallest absolute Gasteiger partial charge is 0.229 e. The van der Waals surface area contributed by atoms with E-state index in [9.17, 15) is 0 Å². The Kier molecular flexibility index (Phi) is 10.5. The van der Waals surface area contributed by atoms with E-state index >= 15 is 0 Å². The molecule has 1 atom stereocenters. The minimum atomic E-state index is -0.695. The van der Waals surface area contributed by atoms with Crippen molar-refractivity contribution >= 4 is 44.0 Å². The zero-order valence-electron chi connectivity index (χ0n) is 30.3. The van der Waals surface area contributed by atoms with Gasteiger partial charge >= 0.3 is 0 Å². The molecule has 0 saturated carbocycles. The Morgan fingerprint density at radius 3 is 2.43 bits per heavy atom. The number of nitrogens with zero attached hydrogens (tertiary/aromatic N) is 9. The predicted octanol–water partition coefficient (Wildman–Crippen LogP) is 5.60. The van der Waals surface area contributed by atoms with Gasteiger partial charge in [0.05, 0.1) is 38.1 Å². The highest BCUT2D eigenvalue weighted by Crippen LogP contribution is 2.35. The van der Waals surface area contributed by atoms with Crippen LogP contribution >= 0.6 is 21.4 Å². The molecule has 1 aliphatic rings. The third kappa shape index (κ3) is 7.83. The summed E-state index contributed by atoms with van der Waals surface area (Å²) in [5.41, 5.74) is 4.61. The van der Waals surface area contributed by atoms with Gasteiger partial charge < -0.3 is 28.6 Å².